The lowest BCUT2D eigenvalue weighted by Gasteiger charge is -2.26. The van der Waals surface area contributed by atoms with E-state index in [0.717, 1.165) is 37.0 Å². The van der Waals surface area contributed by atoms with E-state index in [9.17, 15) is 4.39 Å². The van der Waals surface area contributed by atoms with Crippen LogP contribution in [0.4, 0.5) is 4.39 Å². The molecule has 0 radical (unpaired) electrons. The van der Waals surface area contributed by atoms with Crippen molar-refractivity contribution in [3.05, 3.63) is 65.2 Å². The zero-order valence-electron chi connectivity index (χ0n) is 16.8. The molecule has 0 bridgehead atoms. The average molecular weight is 378 g/mol. The van der Waals surface area contributed by atoms with Crippen LogP contribution in [-0.2, 0) is 13.5 Å². The van der Waals surface area contributed by atoms with Gasteiger partial charge in [-0.1, -0.05) is 12.1 Å². The molecule has 0 amide bonds. The van der Waals surface area contributed by atoms with E-state index in [2.05, 4.69) is 53.8 Å². The van der Waals surface area contributed by atoms with Gasteiger partial charge in [-0.15, -0.1) is 0 Å². The standard InChI is InChI=1S/C23H27FN4/c1-26(2)21-14-28(19-10-9-15-6-4-7-18(24)22(15)19)13-16(21)17-12-27(3)20-8-5-11-25-23(17)20/h4-8,11-12,16,19,21H,9-10,13-14H2,1-3H3/t16-,19-,21+/m1/s1. The van der Waals surface area contributed by atoms with Crippen LogP contribution < -0.4 is 0 Å². The number of aromatic nitrogens is 2. The molecule has 146 valence electrons. The molecular formula is C23H27FN4. The van der Waals surface area contributed by atoms with E-state index in [-0.39, 0.29) is 11.9 Å². The first-order valence-electron chi connectivity index (χ1n) is 10.1. The SMILES string of the molecule is CN(C)[C@H]1CN([C@@H]2CCc3cccc(F)c32)C[C@@H]1c1cn(C)c2cccnc12. The van der Waals surface area contributed by atoms with E-state index in [1.165, 1.54) is 16.6 Å². The molecule has 0 N–H and O–H groups in total. The van der Waals surface area contributed by atoms with Crippen LogP contribution in [0.5, 0.6) is 0 Å². The topological polar surface area (TPSA) is 24.3 Å². The molecule has 1 saturated heterocycles. The summed E-state index contributed by atoms with van der Waals surface area (Å²) in [6, 6.07) is 10.2. The smallest absolute Gasteiger partial charge is 0.128 e. The summed E-state index contributed by atoms with van der Waals surface area (Å²) in [5.41, 5.74) is 5.69. The number of halogens is 1. The van der Waals surface area contributed by atoms with Crippen LogP contribution in [0.15, 0.2) is 42.7 Å². The van der Waals surface area contributed by atoms with Crippen LogP contribution in [0, 0.1) is 5.82 Å². The van der Waals surface area contributed by atoms with Crippen molar-refractivity contribution in [1.29, 1.82) is 0 Å². The Morgan fingerprint density at radius 1 is 1.14 bits per heavy atom. The summed E-state index contributed by atoms with van der Waals surface area (Å²) in [4.78, 5) is 9.52. The van der Waals surface area contributed by atoms with E-state index in [1.54, 1.807) is 6.07 Å². The number of fused-ring (bicyclic) bond motifs is 2. The lowest BCUT2D eigenvalue weighted by atomic mass is 9.95. The Kier molecular flexibility index (Phi) is 4.25. The predicted octanol–water partition coefficient (Wildman–Crippen LogP) is 3.73. The highest BCUT2D eigenvalue weighted by molar-refractivity contribution is 5.80. The molecule has 3 atom stereocenters. The summed E-state index contributed by atoms with van der Waals surface area (Å²) >= 11 is 0. The maximum atomic E-state index is 14.6. The zero-order valence-corrected chi connectivity index (χ0v) is 16.8. The number of likely N-dealkylation sites (N-methyl/N-ethyl adjacent to an activating group) is 1. The molecule has 0 saturated carbocycles. The molecule has 4 nitrogen and oxygen atoms in total. The third-order valence-corrected chi connectivity index (χ3v) is 6.76. The van der Waals surface area contributed by atoms with Crippen LogP contribution in [-0.4, -0.2) is 52.6 Å². The van der Waals surface area contributed by atoms with Gasteiger partial charge in [-0.05, 0) is 50.7 Å². The summed E-state index contributed by atoms with van der Waals surface area (Å²) < 4.78 is 16.8. The third kappa shape index (κ3) is 2.68. The maximum Gasteiger partial charge on any atom is 0.128 e. The molecule has 5 heteroatoms. The van der Waals surface area contributed by atoms with Crippen molar-refractivity contribution in [2.75, 3.05) is 27.2 Å². The van der Waals surface area contributed by atoms with Gasteiger partial charge in [0.1, 0.15) is 5.82 Å². The molecule has 0 unspecified atom stereocenters. The normalized spacial score (nSPS) is 25.1. The zero-order chi connectivity index (χ0) is 19.4. The monoisotopic (exact) mass is 378 g/mol. The molecule has 1 aliphatic carbocycles. The van der Waals surface area contributed by atoms with Gasteiger partial charge in [-0.25, -0.2) is 4.39 Å². The van der Waals surface area contributed by atoms with E-state index < -0.39 is 0 Å². The Morgan fingerprint density at radius 3 is 2.82 bits per heavy atom. The van der Waals surface area contributed by atoms with Crippen molar-refractivity contribution < 1.29 is 4.39 Å². The highest BCUT2D eigenvalue weighted by Gasteiger charge is 2.42. The van der Waals surface area contributed by atoms with Gasteiger partial charge in [0.2, 0.25) is 0 Å². The number of rotatable bonds is 3. The molecule has 28 heavy (non-hydrogen) atoms. The minimum atomic E-state index is -0.0447. The van der Waals surface area contributed by atoms with E-state index in [1.807, 2.05) is 18.3 Å². The first kappa shape index (κ1) is 17.8. The van der Waals surface area contributed by atoms with Crippen molar-refractivity contribution in [2.24, 2.45) is 7.05 Å². The molecule has 2 aromatic heterocycles. The summed E-state index contributed by atoms with van der Waals surface area (Å²) in [6.45, 7) is 1.90. The first-order chi connectivity index (χ1) is 13.5. The van der Waals surface area contributed by atoms with Gasteiger partial charge < -0.3 is 9.47 Å². The van der Waals surface area contributed by atoms with Crippen LogP contribution >= 0.6 is 0 Å². The Hall–Kier alpha value is -2.24. The number of hydrogen-bond acceptors (Lipinski definition) is 3. The summed E-state index contributed by atoms with van der Waals surface area (Å²) in [6.07, 6.45) is 6.11. The predicted molar refractivity (Wildman–Crippen MR) is 110 cm³/mol. The Labute approximate surface area is 165 Å². The number of nitrogens with zero attached hydrogens (tertiary/aromatic N) is 4. The second-order valence-corrected chi connectivity index (χ2v) is 8.52. The number of aryl methyl sites for hydroxylation is 2. The fraction of sp³-hybridized carbons (Fsp3) is 0.435. The fourth-order valence-corrected chi connectivity index (χ4v) is 5.39. The Morgan fingerprint density at radius 2 is 2.00 bits per heavy atom. The van der Waals surface area contributed by atoms with Crippen molar-refractivity contribution in [3.8, 4) is 0 Å². The van der Waals surface area contributed by atoms with Gasteiger partial charge in [-0.2, -0.15) is 0 Å². The molecule has 1 fully saturated rings. The number of hydrogen-bond donors (Lipinski definition) is 0. The maximum absolute atomic E-state index is 14.6. The van der Waals surface area contributed by atoms with Crippen LogP contribution in [0.3, 0.4) is 0 Å². The molecule has 2 aliphatic rings. The van der Waals surface area contributed by atoms with Gasteiger partial charge in [-0.3, -0.25) is 9.88 Å². The first-order valence-corrected chi connectivity index (χ1v) is 10.1. The highest BCUT2D eigenvalue weighted by atomic mass is 19.1. The molecule has 3 heterocycles. The van der Waals surface area contributed by atoms with Crippen molar-refractivity contribution >= 4 is 11.0 Å². The van der Waals surface area contributed by atoms with E-state index >= 15 is 0 Å². The lowest BCUT2D eigenvalue weighted by molar-refractivity contribution is 0.213. The second kappa shape index (κ2) is 6.68. The van der Waals surface area contributed by atoms with E-state index in [4.69, 9.17) is 4.98 Å². The number of pyridine rings is 1. The van der Waals surface area contributed by atoms with Gasteiger partial charge in [0, 0.05) is 61.7 Å². The van der Waals surface area contributed by atoms with Crippen LogP contribution in [0.25, 0.3) is 11.0 Å². The van der Waals surface area contributed by atoms with Gasteiger partial charge in [0.25, 0.3) is 0 Å². The minimum Gasteiger partial charge on any atom is -0.349 e. The van der Waals surface area contributed by atoms with Crippen molar-refractivity contribution in [3.63, 3.8) is 0 Å². The second-order valence-electron chi connectivity index (χ2n) is 8.52. The van der Waals surface area contributed by atoms with Crippen molar-refractivity contribution in [1.82, 2.24) is 19.4 Å². The Balaban J connectivity index is 1.52. The lowest BCUT2D eigenvalue weighted by Crippen LogP contribution is -2.35. The van der Waals surface area contributed by atoms with Gasteiger partial charge in [0.05, 0.1) is 11.0 Å². The van der Waals surface area contributed by atoms with Crippen LogP contribution in [0.1, 0.15) is 35.1 Å². The fourth-order valence-electron chi connectivity index (χ4n) is 5.39. The summed E-state index contributed by atoms with van der Waals surface area (Å²) in [5, 5.41) is 0. The molecule has 5 rings (SSSR count). The number of likely N-dealkylation sites (tertiary alicyclic amines) is 1. The van der Waals surface area contributed by atoms with Gasteiger partial charge in [0.15, 0.2) is 0 Å². The summed E-state index contributed by atoms with van der Waals surface area (Å²) in [5.74, 6) is 0.320. The van der Waals surface area contributed by atoms with Gasteiger partial charge >= 0.3 is 0 Å². The third-order valence-electron chi connectivity index (χ3n) is 6.76. The van der Waals surface area contributed by atoms with Crippen LogP contribution in [0.2, 0.25) is 0 Å². The number of benzene rings is 1. The molecule has 0 spiro atoms. The molecule has 1 aliphatic heterocycles. The Bertz CT molecular complexity index is 1020. The van der Waals surface area contributed by atoms with E-state index in [0.29, 0.717) is 12.0 Å². The molecular weight excluding hydrogens is 351 g/mol. The summed E-state index contributed by atoms with van der Waals surface area (Å²) in [7, 11) is 6.40. The molecule has 3 aromatic rings. The quantitative estimate of drug-likeness (QED) is 0.694. The largest absolute Gasteiger partial charge is 0.349 e. The highest BCUT2D eigenvalue weighted by Crippen LogP contribution is 2.43. The minimum absolute atomic E-state index is 0.0447. The van der Waals surface area contributed by atoms with Crippen molar-refractivity contribution in [2.45, 2.75) is 30.8 Å². The molecule has 1 aromatic carbocycles. The average Bonchev–Trinajstić information content (AvgIpc) is 3.37.